The van der Waals surface area contributed by atoms with Crippen molar-refractivity contribution in [3.8, 4) is 5.75 Å². The normalized spacial score (nSPS) is 11.3. The van der Waals surface area contributed by atoms with Gasteiger partial charge in [-0.05, 0) is 17.9 Å². The summed E-state index contributed by atoms with van der Waals surface area (Å²) in [5.41, 5.74) is -0.390. The first kappa shape index (κ1) is 13.6. The third-order valence-electron chi connectivity index (χ3n) is 1.66. The maximum absolute atomic E-state index is 11.9. The van der Waals surface area contributed by atoms with Crippen LogP contribution in [0.1, 0.15) is 6.92 Å². The SMILES string of the molecule is CCSc1ccc(OC(F)(F)F)cc1[N+](=O)[O-]. The Morgan fingerprint density at radius 3 is 2.59 bits per heavy atom. The second kappa shape index (κ2) is 5.26. The van der Waals surface area contributed by atoms with Gasteiger partial charge in [0.1, 0.15) is 5.75 Å². The Labute approximate surface area is 98.9 Å². The predicted molar refractivity (Wildman–Crippen MR) is 56.2 cm³/mol. The predicted octanol–water partition coefficient (Wildman–Crippen LogP) is 3.61. The summed E-state index contributed by atoms with van der Waals surface area (Å²) in [6.07, 6.45) is -4.85. The smallest absolute Gasteiger partial charge is 0.406 e. The summed E-state index contributed by atoms with van der Waals surface area (Å²) < 4.78 is 39.4. The molecule has 0 atom stereocenters. The molecule has 1 aromatic carbocycles. The average molecular weight is 267 g/mol. The van der Waals surface area contributed by atoms with Crippen LogP contribution in [-0.2, 0) is 0 Å². The Morgan fingerprint density at radius 1 is 1.47 bits per heavy atom. The molecule has 17 heavy (non-hydrogen) atoms. The van der Waals surface area contributed by atoms with Gasteiger partial charge in [0.2, 0.25) is 0 Å². The first-order chi connectivity index (χ1) is 7.83. The second-order valence-corrected chi connectivity index (χ2v) is 4.17. The van der Waals surface area contributed by atoms with Crippen LogP contribution in [0.15, 0.2) is 23.1 Å². The lowest BCUT2D eigenvalue weighted by molar-refractivity contribution is -0.388. The standard InChI is InChI=1S/C9H8F3NO3S/c1-2-17-8-4-3-6(16-9(10,11)12)5-7(8)13(14)15/h3-5H,2H2,1H3. The fraction of sp³-hybridized carbons (Fsp3) is 0.333. The van der Waals surface area contributed by atoms with E-state index in [0.717, 1.165) is 12.1 Å². The van der Waals surface area contributed by atoms with E-state index < -0.39 is 22.7 Å². The zero-order valence-electron chi connectivity index (χ0n) is 8.65. The second-order valence-electron chi connectivity index (χ2n) is 2.87. The largest absolute Gasteiger partial charge is 0.573 e. The molecule has 0 amide bonds. The van der Waals surface area contributed by atoms with Gasteiger partial charge in [-0.1, -0.05) is 6.92 Å². The molecule has 94 valence electrons. The molecular weight excluding hydrogens is 259 g/mol. The fourth-order valence-electron chi connectivity index (χ4n) is 1.11. The lowest BCUT2D eigenvalue weighted by atomic mass is 10.3. The molecule has 0 N–H and O–H groups in total. The van der Waals surface area contributed by atoms with Crippen molar-refractivity contribution < 1.29 is 22.8 Å². The Kier molecular flexibility index (Phi) is 4.22. The molecule has 0 radical (unpaired) electrons. The molecule has 0 fully saturated rings. The van der Waals surface area contributed by atoms with E-state index in [-0.39, 0.29) is 0 Å². The van der Waals surface area contributed by atoms with Gasteiger partial charge < -0.3 is 4.74 Å². The quantitative estimate of drug-likeness (QED) is 0.475. The zero-order valence-corrected chi connectivity index (χ0v) is 9.47. The zero-order chi connectivity index (χ0) is 13.1. The van der Waals surface area contributed by atoms with Crippen molar-refractivity contribution >= 4 is 17.4 Å². The van der Waals surface area contributed by atoms with Crippen molar-refractivity contribution in [2.75, 3.05) is 5.75 Å². The molecule has 0 saturated heterocycles. The monoisotopic (exact) mass is 267 g/mol. The summed E-state index contributed by atoms with van der Waals surface area (Å²) in [6, 6.07) is 3.07. The molecule has 0 aliphatic heterocycles. The van der Waals surface area contributed by atoms with Crippen LogP contribution in [0.25, 0.3) is 0 Å². The molecule has 1 aromatic rings. The van der Waals surface area contributed by atoms with E-state index >= 15 is 0 Å². The number of nitrogens with zero attached hydrogens (tertiary/aromatic N) is 1. The van der Waals surface area contributed by atoms with Gasteiger partial charge in [-0.25, -0.2) is 0 Å². The van der Waals surface area contributed by atoms with Crippen LogP contribution in [0.5, 0.6) is 5.75 Å². The number of hydrogen-bond donors (Lipinski definition) is 0. The summed E-state index contributed by atoms with van der Waals surface area (Å²) >= 11 is 1.18. The third kappa shape index (κ3) is 4.14. The number of benzene rings is 1. The van der Waals surface area contributed by atoms with Gasteiger partial charge in [-0.3, -0.25) is 10.1 Å². The maximum atomic E-state index is 11.9. The van der Waals surface area contributed by atoms with Gasteiger partial charge in [-0.15, -0.1) is 24.9 Å². The first-order valence-corrected chi connectivity index (χ1v) is 5.49. The highest BCUT2D eigenvalue weighted by Crippen LogP contribution is 2.34. The maximum Gasteiger partial charge on any atom is 0.573 e. The Bertz CT molecular complexity index is 422. The van der Waals surface area contributed by atoms with Crippen molar-refractivity contribution in [3.63, 3.8) is 0 Å². The van der Waals surface area contributed by atoms with E-state index in [4.69, 9.17) is 0 Å². The van der Waals surface area contributed by atoms with E-state index in [0.29, 0.717) is 10.6 Å². The van der Waals surface area contributed by atoms with E-state index in [1.54, 1.807) is 6.92 Å². The van der Waals surface area contributed by atoms with Crippen LogP contribution >= 0.6 is 11.8 Å². The number of thioether (sulfide) groups is 1. The number of halogens is 3. The summed E-state index contributed by atoms with van der Waals surface area (Å²) in [5.74, 6) is -0.00927. The van der Waals surface area contributed by atoms with Crippen molar-refractivity contribution in [3.05, 3.63) is 28.3 Å². The Hall–Kier alpha value is -1.44. The molecule has 4 nitrogen and oxygen atoms in total. The molecule has 0 aliphatic carbocycles. The van der Waals surface area contributed by atoms with Crippen LogP contribution < -0.4 is 4.74 Å². The van der Waals surface area contributed by atoms with Gasteiger partial charge in [0, 0.05) is 0 Å². The summed E-state index contributed by atoms with van der Waals surface area (Å²) in [4.78, 5) is 10.2. The Morgan fingerprint density at radius 2 is 2.12 bits per heavy atom. The van der Waals surface area contributed by atoms with E-state index in [1.165, 1.54) is 17.8 Å². The van der Waals surface area contributed by atoms with Crippen molar-refractivity contribution in [2.45, 2.75) is 18.2 Å². The molecule has 1 rings (SSSR count). The minimum atomic E-state index is -4.85. The first-order valence-electron chi connectivity index (χ1n) is 4.50. The van der Waals surface area contributed by atoms with Crippen molar-refractivity contribution in [1.29, 1.82) is 0 Å². The minimum absolute atomic E-state index is 0.312. The van der Waals surface area contributed by atoms with Crippen LogP contribution in [0.2, 0.25) is 0 Å². The number of hydrogen-bond acceptors (Lipinski definition) is 4. The third-order valence-corrected chi connectivity index (χ3v) is 2.61. The summed E-state index contributed by atoms with van der Waals surface area (Å²) in [5, 5.41) is 10.7. The van der Waals surface area contributed by atoms with Gasteiger partial charge in [0.15, 0.2) is 0 Å². The van der Waals surface area contributed by atoms with Gasteiger partial charge in [0.05, 0.1) is 15.9 Å². The van der Waals surface area contributed by atoms with Crippen LogP contribution in [-0.4, -0.2) is 17.0 Å². The van der Waals surface area contributed by atoms with Crippen LogP contribution in [0.3, 0.4) is 0 Å². The van der Waals surface area contributed by atoms with Gasteiger partial charge in [0.25, 0.3) is 5.69 Å². The van der Waals surface area contributed by atoms with Gasteiger partial charge in [-0.2, -0.15) is 0 Å². The highest BCUT2D eigenvalue weighted by molar-refractivity contribution is 7.99. The lowest BCUT2D eigenvalue weighted by Gasteiger charge is -2.09. The highest BCUT2D eigenvalue weighted by Gasteiger charge is 2.32. The summed E-state index contributed by atoms with van der Waals surface area (Å²) in [6.45, 7) is 1.79. The number of rotatable bonds is 4. The molecule has 0 saturated carbocycles. The fourth-order valence-corrected chi connectivity index (χ4v) is 1.87. The molecule has 0 spiro atoms. The minimum Gasteiger partial charge on any atom is -0.406 e. The number of ether oxygens (including phenoxy) is 1. The topological polar surface area (TPSA) is 52.4 Å². The molecule has 0 unspecified atom stereocenters. The molecular formula is C9H8F3NO3S. The van der Waals surface area contributed by atoms with E-state index in [1.807, 2.05) is 0 Å². The molecule has 8 heteroatoms. The van der Waals surface area contributed by atoms with Crippen LogP contribution in [0.4, 0.5) is 18.9 Å². The lowest BCUT2D eigenvalue weighted by Crippen LogP contribution is -2.17. The molecule has 0 aliphatic rings. The molecule has 0 heterocycles. The summed E-state index contributed by atoms with van der Waals surface area (Å²) in [7, 11) is 0. The van der Waals surface area contributed by atoms with Gasteiger partial charge >= 0.3 is 6.36 Å². The van der Waals surface area contributed by atoms with Crippen molar-refractivity contribution in [2.24, 2.45) is 0 Å². The number of nitro groups is 1. The number of alkyl halides is 3. The average Bonchev–Trinajstić information content (AvgIpc) is 2.18. The van der Waals surface area contributed by atoms with E-state index in [9.17, 15) is 23.3 Å². The van der Waals surface area contributed by atoms with E-state index in [2.05, 4.69) is 4.74 Å². The number of nitro benzene ring substituents is 1. The highest BCUT2D eigenvalue weighted by atomic mass is 32.2. The molecule has 0 aromatic heterocycles. The van der Waals surface area contributed by atoms with Crippen LogP contribution in [0, 0.1) is 10.1 Å². The Balaban J connectivity index is 3.05. The molecule has 0 bridgehead atoms. The van der Waals surface area contributed by atoms with Crippen molar-refractivity contribution in [1.82, 2.24) is 0 Å².